The summed E-state index contributed by atoms with van der Waals surface area (Å²) in [5.74, 6) is 0.885. The first kappa shape index (κ1) is 13.5. The number of benzene rings is 1. The fourth-order valence-corrected chi connectivity index (χ4v) is 1.80. The first-order valence-corrected chi connectivity index (χ1v) is 6.28. The molecule has 1 aromatic heterocycles. The number of amides is 1. The minimum absolute atomic E-state index is 0.0676. The minimum Gasteiger partial charge on any atom is -0.331 e. The number of hydrogen-bond donors (Lipinski definition) is 2. The number of nitrogens with one attached hydrogen (secondary N) is 2. The van der Waals surface area contributed by atoms with Gasteiger partial charge >= 0.3 is 0 Å². The van der Waals surface area contributed by atoms with Gasteiger partial charge in [-0.2, -0.15) is 0 Å². The molecular weight excluding hydrogens is 240 g/mol. The van der Waals surface area contributed by atoms with E-state index in [1.54, 1.807) is 7.05 Å². The van der Waals surface area contributed by atoms with Crippen LogP contribution in [0.1, 0.15) is 19.7 Å². The highest BCUT2D eigenvalue weighted by molar-refractivity contribution is 5.98. The largest absolute Gasteiger partial charge is 0.331 e. The van der Waals surface area contributed by atoms with Crippen molar-refractivity contribution >= 4 is 22.6 Å². The highest BCUT2D eigenvalue weighted by Gasteiger charge is 2.25. The molecule has 2 aromatic rings. The Kier molecular flexibility index (Phi) is 3.32. The van der Waals surface area contributed by atoms with E-state index >= 15 is 0 Å². The molecule has 5 nitrogen and oxygen atoms in total. The van der Waals surface area contributed by atoms with Crippen molar-refractivity contribution in [2.24, 2.45) is 7.05 Å². The van der Waals surface area contributed by atoms with Crippen LogP contribution >= 0.6 is 0 Å². The van der Waals surface area contributed by atoms with Crippen LogP contribution < -0.4 is 10.6 Å². The van der Waals surface area contributed by atoms with E-state index in [2.05, 4.69) is 15.6 Å². The van der Waals surface area contributed by atoms with Gasteiger partial charge in [0.05, 0.1) is 16.6 Å². The van der Waals surface area contributed by atoms with Crippen LogP contribution in [-0.2, 0) is 11.8 Å². The zero-order chi connectivity index (χ0) is 14.2. The van der Waals surface area contributed by atoms with Gasteiger partial charge in [-0.25, -0.2) is 4.98 Å². The Bertz CT molecular complexity index is 628. The Morgan fingerprint density at radius 1 is 1.37 bits per heavy atom. The Morgan fingerprint density at radius 2 is 2.05 bits per heavy atom. The average Bonchev–Trinajstić information content (AvgIpc) is 2.64. The predicted octanol–water partition coefficient (Wildman–Crippen LogP) is 1.82. The third-order valence-corrected chi connectivity index (χ3v) is 3.55. The summed E-state index contributed by atoms with van der Waals surface area (Å²) in [4.78, 5) is 16.5. The molecule has 0 aliphatic heterocycles. The normalized spacial score (nSPS) is 11.8. The van der Waals surface area contributed by atoms with Crippen molar-refractivity contribution in [3.05, 3.63) is 24.0 Å². The van der Waals surface area contributed by atoms with Crippen molar-refractivity contribution in [1.29, 1.82) is 0 Å². The summed E-state index contributed by atoms with van der Waals surface area (Å²) in [6.45, 7) is 5.64. The van der Waals surface area contributed by atoms with Gasteiger partial charge in [0.15, 0.2) is 0 Å². The van der Waals surface area contributed by atoms with Crippen LogP contribution in [0.4, 0.5) is 5.69 Å². The number of aromatic nitrogens is 2. The molecule has 0 saturated carbocycles. The molecule has 0 aliphatic rings. The molecule has 2 rings (SSSR count). The second kappa shape index (κ2) is 4.66. The van der Waals surface area contributed by atoms with Gasteiger partial charge in [-0.3, -0.25) is 4.79 Å². The van der Waals surface area contributed by atoms with E-state index in [1.807, 2.05) is 50.6 Å². The maximum absolute atomic E-state index is 12.1. The Balaban J connectivity index is 2.30. The van der Waals surface area contributed by atoms with E-state index in [-0.39, 0.29) is 5.91 Å². The van der Waals surface area contributed by atoms with Crippen LogP contribution in [0.2, 0.25) is 0 Å². The SMILES string of the molecule is CNC(C)(C)C(=O)Nc1ccc2c(c1)nc(C)n2C. The molecule has 0 fully saturated rings. The number of fused-ring (bicyclic) bond motifs is 1. The maximum atomic E-state index is 12.1. The number of aryl methyl sites for hydroxylation is 2. The molecule has 5 heteroatoms. The van der Waals surface area contributed by atoms with Crippen molar-refractivity contribution in [2.45, 2.75) is 26.3 Å². The summed E-state index contributed by atoms with van der Waals surface area (Å²) in [6, 6.07) is 5.76. The molecular formula is C14H20N4O. The maximum Gasteiger partial charge on any atom is 0.244 e. The highest BCUT2D eigenvalue weighted by Crippen LogP contribution is 2.20. The van der Waals surface area contributed by atoms with Crippen molar-refractivity contribution in [3.63, 3.8) is 0 Å². The molecule has 0 bridgehead atoms. The lowest BCUT2D eigenvalue weighted by atomic mass is 10.1. The smallest absolute Gasteiger partial charge is 0.244 e. The second-order valence-electron chi connectivity index (χ2n) is 5.25. The minimum atomic E-state index is -0.602. The Hall–Kier alpha value is -1.88. The monoisotopic (exact) mass is 260 g/mol. The summed E-state index contributed by atoms with van der Waals surface area (Å²) < 4.78 is 2.03. The van der Waals surface area contributed by atoms with Crippen LogP contribution in [-0.4, -0.2) is 28.0 Å². The van der Waals surface area contributed by atoms with Gasteiger partial charge < -0.3 is 15.2 Å². The summed E-state index contributed by atoms with van der Waals surface area (Å²) in [7, 11) is 3.75. The fraction of sp³-hybridized carbons (Fsp3) is 0.429. The molecule has 0 radical (unpaired) electrons. The van der Waals surface area contributed by atoms with Crippen LogP contribution in [0.25, 0.3) is 11.0 Å². The van der Waals surface area contributed by atoms with Gasteiger partial charge in [-0.15, -0.1) is 0 Å². The summed E-state index contributed by atoms with van der Waals surface area (Å²) >= 11 is 0. The van der Waals surface area contributed by atoms with Gasteiger partial charge in [0.2, 0.25) is 5.91 Å². The molecule has 1 aromatic carbocycles. The number of anilines is 1. The van der Waals surface area contributed by atoms with E-state index in [9.17, 15) is 4.79 Å². The molecule has 1 amide bonds. The highest BCUT2D eigenvalue weighted by atomic mass is 16.2. The van der Waals surface area contributed by atoms with E-state index in [1.165, 1.54) is 0 Å². The molecule has 0 atom stereocenters. The number of nitrogens with zero attached hydrogens (tertiary/aromatic N) is 2. The van der Waals surface area contributed by atoms with Gasteiger partial charge in [0.25, 0.3) is 0 Å². The fourth-order valence-electron chi connectivity index (χ4n) is 1.80. The van der Waals surface area contributed by atoms with Gasteiger partial charge in [0.1, 0.15) is 5.82 Å². The number of carbonyl (C=O) groups is 1. The predicted molar refractivity (Wildman–Crippen MR) is 77.2 cm³/mol. The van der Waals surface area contributed by atoms with Crippen LogP contribution in [0.15, 0.2) is 18.2 Å². The number of likely N-dealkylation sites (N-methyl/N-ethyl adjacent to an activating group) is 1. The lowest BCUT2D eigenvalue weighted by Crippen LogP contribution is -2.47. The second-order valence-corrected chi connectivity index (χ2v) is 5.25. The van der Waals surface area contributed by atoms with Crippen LogP contribution in [0.5, 0.6) is 0 Å². The number of rotatable bonds is 3. The van der Waals surface area contributed by atoms with Crippen molar-refractivity contribution in [3.8, 4) is 0 Å². The molecule has 102 valence electrons. The average molecular weight is 260 g/mol. The quantitative estimate of drug-likeness (QED) is 0.885. The van der Waals surface area contributed by atoms with E-state index in [4.69, 9.17) is 0 Å². The van der Waals surface area contributed by atoms with Crippen LogP contribution in [0, 0.1) is 6.92 Å². The van der Waals surface area contributed by atoms with E-state index < -0.39 is 5.54 Å². The number of hydrogen-bond acceptors (Lipinski definition) is 3. The third-order valence-electron chi connectivity index (χ3n) is 3.55. The number of imidazole rings is 1. The van der Waals surface area contributed by atoms with Gasteiger partial charge in [0, 0.05) is 12.7 Å². The van der Waals surface area contributed by atoms with Crippen molar-refractivity contribution < 1.29 is 4.79 Å². The molecule has 0 aliphatic carbocycles. The summed E-state index contributed by atoms with van der Waals surface area (Å²) in [5.41, 5.74) is 2.11. The van der Waals surface area contributed by atoms with Crippen molar-refractivity contribution in [1.82, 2.24) is 14.9 Å². The first-order valence-electron chi connectivity index (χ1n) is 6.28. The zero-order valence-electron chi connectivity index (χ0n) is 12.0. The van der Waals surface area contributed by atoms with E-state index in [0.29, 0.717) is 0 Å². The summed E-state index contributed by atoms with van der Waals surface area (Å²) in [5, 5.41) is 5.88. The Labute approximate surface area is 113 Å². The molecule has 19 heavy (non-hydrogen) atoms. The lowest BCUT2D eigenvalue weighted by molar-refractivity contribution is -0.121. The molecule has 0 unspecified atom stereocenters. The Morgan fingerprint density at radius 3 is 2.68 bits per heavy atom. The summed E-state index contributed by atoms with van der Waals surface area (Å²) in [6.07, 6.45) is 0. The number of carbonyl (C=O) groups excluding carboxylic acids is 1. The molecule has 0 saturated heterocycles. The van der Waals surface area contributed by atoms with Crippen LogP contribution in [0.3, 0.4) is 0 Å². The third kappa shape index (κ3) is 2.46. The molecule has 2 N–H and O–H groups in total. The van der Waals surface area contributed by atoms with Crippen molar-refractivity contribution in [2.75, 3.05) is 12.4 Å². The van der Waals surface area contributed by atoms with Gasteiger partial charge in [-0.1, -0.05) is 0 Å². The van der Waals surface area contributed by atoms with E-state index in [0.717, 1.165) is 22.5 Å². The first-order chi connectivity index (χ1) is 8.85. The topological polar surface area (TPSA) is 59.0 Å². The van der Waals surface area contributed by atoms with Gasteiger partial charge in [-0.05, 0) is 46.0 Å². The lowest BCUT2D eigenvalue weighted by Gasteiger charge is -2.22. The standard InChI is InChI=1S/C14H20N4O/c1-9-16-11-8-10(6-7-12(11)18(9)5)17-13(19)14(2,3)15-4/h6-8,15H,1-5H3,(H,17,19). The zero-order valence-corrected chi connectivity index (χ0v) is 12.0. The molecule has 0 spiro atoms. The molecule has 1 heterocycles.